The van der Waals surface area contributed by atoms with Crippen LogP contribution in [0.5, 0.6) is 0 Å². The summed E-state index contributed by atoms with van der Waals surface area (Å²) in [6.07, 6.45) is -2.54. The van der Waals surface area contributed by atoms with E-state index < -0.39 is 35.9 Å². The molecule has 2 unspecified atom stereocenters. The third kappa shape index (κ3) is 4.40. The van der Waals surface area contributed by atoms with E-state index in [1.807, 2.05) is 30.3 Å². The monoisotopic (exact) mass is 444 g/mol. The van der Waals surface area contributed by atoms with Crippen molar-refractivity contribution in [2.45, 2.75) is 44.3 Å². The van der Waals surface area contributed by atoms with Gasteiger partial charge in [-0.3, -0.25) is 19.3 Å². The molecule has 1 N–H and O–H groups in total. The van der Waals surface area contributed by atoms with E-state index in [2.05, 4.69) is 5.32 Å². The Labute approximate surface area is 183 Å². The first-order valence-electron chi connectivity index (χ1n) is 10.7. The molecule has 2 aromatic rings. The molecule has 0 spiro atoms. The van der Waals surface area contributed by atoms with E-state index in [0.29, 0.717) is 19.3 Å². The Kier molecular flexibility index (Phi) is 6.04. The van der Waals surface area contributed by atoms with Crippen molar-refractivity contribution in [3.8, 4) is 0 Å². The third-order valence-corrected chi connectivity index (χ3v) is 6.20. The number of rotatable bonds is 5. The molecule has 1 heterocycles. The Bertz CT molecular complexity index is 1040. The van der Waals surface area contributed by atoms with Crippen molar-refractivity contribution in [3.63, 3.8) is 0 Å². The highest BCUT2D eigenvalue weighted by Gasteiger charge is 2.46. The third-order valence-electron chi connectivity index (χ3n) is 6.20. The molecule has 0 aromatic heterocycles. The number of hydrogen-bond donors (Lipinski definition) is 1. The van der Waals surface area contributed by atoms with Gasteiger partial charge in [0.2, 0.25) is 0 Å². The summed E-state index contributed by atoms with van der Waals surface area (Å²) in [6, 6.07) is 12.5. The standard InChI is InChI=1S/C24H23F3N2O3/c25-24(26,27)19-8-4-5-9-20(19)28-21(30)16-10-11-17-18(14-16)23(32)29(22(17)31)13-12-15-6-2-1-3-7-15/h1-3,6-7,10-11,14,19-20H,4-5,8-9,12-13H2,(H,28,30). The van der Waals surface area contributed by atoms with Crippen LogP contribution >= 0.6 is 0 Å². The minimum Gasteiger partial charge on any atom is -0.349 e. The van der Waals surface area contributed by atoms with Crippen molar-refractivity contribution < 1.29 is 27.6 Å². The second kappa shape index (κ2) is 8.76. The second-order valence-corrected chi connectivity index (χ2v) is 8.27. The van der Waals surface area contributed by atoms with E-state index >= 15 is 0 Å². The van der Waals surface area contributed by atoms with Crippen LogP contribution in [-0.2, 0) is 6.42 Å². The largest absolute Gasteiger partial charge is 0.393 e. The average molecular weight is 444 g/mol. The molecule has 1 aliphatic heterocycles. The molecule has 0 radical (unpaired) electrons. The van der Waals surface area contributed by atoms with Crippen LogP contribution in [0.1, 0.15) is 62.3 Å². The maximum Gasteiger partial charge on any atom is 0.393 e. The van der Waals surface area contributed by atoms with Crippen molar-refractivity contribution in [2.75, 3.05) is 6.54 Å². The zero-order chi connectivity index (χ0) is 22.9. The van der Waals surface area contributed by atoms with Crippen LogP contribution in [0.25, 0.3) is 0 Å². The van der Waals surface area contributed by atoms with Gasteiger partial charge in [-0.1, -0.05) is 43.2 Å². The van der Waals surface area contributed by atoms with Crippen molar-refractivity contribution >= 4 is 17.7 Å². The lowest BCUT2D eigenvalue weighted by Gasteiger charge is -2.33. The van der Waals surface area contributed by atoms with Gasteiger partial charge in [-0.05, 0) is 43.0 Å². The minimum absolute atomic E-state index is 0.0119. The molecular weight excluding hydrogens is 421 g/mol. The molecular formula is C24H23F3N2O3. The molecule has 3 amide bonds. The lowest BCUT2D eigenvalue weighted by Crippen LogP contribution is -2.47. The normalized spacial score (nSPS) is 20.9. The smallest absolute Gasteiger partial charge is 0.349 e. The van der Waals surface area contributed by atoms with Gasteiger partial charge in [0, 0.05) is 18.2 Å². The van der Waals surface area contributed by atoms with Gasteiger partial charge in [0.05, 0.1) is 17.0 Å². The van der Waals surface area contributed by atoms with Crippen LogP contribution < -0.4 is 5.32 Å². The zero-order valence-corrected chi connectivity index (χ0v) is 17.3. The van der Waals surface area contributed by atoms with E-state index in [4.69, 9.17) is 0 Å². The van der Waals surface area contributed by atoms with Gasteiger partial charge >= 0.3 is 6.18 Å². The fraction of sp³-hybridized carbons (Fsp3) is 0.375. The lowest BCUT2D eigenvalue weighted by molar-refractivity contribution is -0.187. The van der Waals surface area contributed by atoms with Gasteiger partial charge in [-0.2, -0.15) is 13.2 Å². The number of nitrogens with one attached hydrogen (secondary N) is 1. The van der Waals surface area contributed by atoms with Crippen LogP contribution in [-0.4, -0.2) is 41.4 Å². The van der Waals surface area contributed by atoms with Crippen LogP contribution in [0.2, 0.25) is 0 Å². The van der Waals surface area contributed by atoms with Crippen molar-refractivity contribution in [1.29, 1.82) is 0 Å². The van der Waals surface area contributed by atoms with Crippen LogP contribution in [0, 0.1) is 5.92 Å². The summed E-state index contributed by atoms with van der Waals surface area (Å²) in [6.45, 7) is 0.202. The first-order chi connectivity index (χ1) is 15.3. The highest BCUT2D eigenvalue weighted by molar-refractivity contribution is 6.22. The van der Waals surface area contributed by atoms with Gasteiger partial charge in [0.1, 0.15) is 0 Å². The molecule has 1 saturated carbocycles. The average Bonchev–Trinajstić information content (AvgIpc) is 3.02. The molecule has 8 heteroatoms. The molecule has 2 atom stereocenters. The highest BCUT2D eigenvalue weighted by atomic mass is 19.4. The molecule has 5 nitrogen and oxygen atoms in total. The van der Waals surface area contributed by atoms with Gasteiger partial charge in [0.25, 0.3) is 17.7 Å². The number of alkyl halides is 3. The first kappa shape index (κ1) is 22.0. The molecule has 2 aromatic carbocycles. The number of imide groups is 1. The Hall–Kier alpha value is -3.16. The molecule has 0 saturated heterocycles. The summed E-state index contributed by atoms with van der Waals surface area (Å²) in [5.74, 6) is -3.18. The van der Waals surface area contributed by atoms with E-state index in [1.54, 1.807) is 0 Å². The number of benzene rings is 2. The van der Waals surface area contributed by atoms with E-state index in [0.717, 1.165) is 10.5 Å². The SMILES string of the molecule is O=C(NC1CCCCC1C(F)(F)F)c1ccc2c(c1)C(=O)N(CCc1ccccc1)C2=O. The molecule has 4 rings (SSSR count). The topological polar surface area (TPSA) is 66.5 Å². The van der Waals surface area contributed by atoms with Crippen molar-refractivity contribution in [3.05, 3.63) is 70.8 Å². The van der Waals surface area contributed by atoms with Gasteiger partial charge in [-0.15, -0.1) is 0 Å². The molecule has 168 valence electrons. The molecule has 32 heavy (non-hydrogen) atoms. The number of carbonyl (C=O) groups excluding carboxylic acids is 3. The summed E-state index contributed by atoms with van der Waals surface area (Å²) in [5, 5.41) is 2.50. The quantitative estimate of drug-likeness (QED) is 0.697. The van der Waals surface area contributed by atoms with Gasteiger partial charge in [0.15, 0.2) is 0 Å². The Morgan fingerprint density at radius 3 is 2.38 bits per heavy atom. The molecule has 1 aliphatic carbocycles. The predicted molar refractivity (Wildman–Crippen MR) is 111 cm³/mol. The maximum absolute atomic E-state index is 13.3. The minimum atomic E-state index is -4.38. The second-order valence-electron chi connectivity index (χ2n) is 8.27. The number of hydrogen-bond acceptors (Lipinski definition) is 3. The first-order valence-corrected chi connectivity index (χ1v) is 10.7. The van der Waals surface area contributed by atoms with E-state index in [1.165, 1.54) is 18.2 Å². The number of halogens is 3. The van der Waals surface area contributed by atoms with Gasteiger partial charge < -0.3 is 5.32 Å². The summed E-state index contributed by atoms with van der Waals surface area (Å²) in [5.41, 5.74) is 1.36. The zero-order valence-electron chi connectivity index (χ0n) is 17.3. The Balaban J connectivity index is 1.47. The van der Waals surface area contributed by atoms with Crippen LogP contribution in [0.15, 0.2) is 48.5 Å². The molecule has 2 aliphatic rings. The number of nitrogens with zero attached hydrogens (tertiary/aromatic N) is 1. The molecule has 1 fully saturated rings. The summed E-state index contributed by atoms with van der Waals surface area (Å²) in [4.78, 5) is 39.3. The van der Waals surface area contributed by atoms with E-state index in [9.17, 15) is 27.6 Å². The maximum atomic E-state index is 13.3. The predicted octanol–water partition coefficient (Wildman–Crippen LogP) is 4.38. The summed E-state index contributed by atoms with van der Waals surface area (Å²) < 4.78 is 40.0. The lowest BCUT2D eigenvalue weighted by atomic mass is 9.84. The van der Waals surface area contributed by atoms with Gasteiger partial charge in [-0.25, -0.2) is 0 Å². The van der Waals surface area contributed by atoms with Crippen molar-refractivity contribution in [1.82, 2.24) is 10.2 Å². The Morgan fingerprint density at radius 2 is 1.66 bits per heavy atom. The van der Waals surface area contributed by atoms with Crippen LogP contribution in [0.4, 0.5) is 13.2 Å². The number of carbonyl (C=O) groups is 3. The summed E-state index contributed by atoms with van der Waals surface area (Å²) in [7, 11) is 0. The summed E-state index contributed by atoms with van der Waals surface area (Å²) >= 11 is 0. The van der Waals surface area contributed by atoms with E-state index in [-0.39, 0.29) is 36.1 Å². The fourth-order valence-electron chi connectivity index (χ4n) is 4.47. The van der Waals surface area contributed by atoms with Crippen LogP contribution in [0.3, 0.4) is 0 Å². The number of amides is 3. The molecule has 0 bridgehead atoms. The fourth-order valence-corrected chi connectivity index (χ4v) is 4.47. The van der Waals surface area contributed by atoms with Crippen molar-refractivity contribution in [2.24, 2.45) is 5.92 Å². The highest BCUT2D eigenvalue weighted by Crippen LogP contribution is 2.38. The Morgan fingerprint density at radius 1 is 0.969 bits per heavy atom. The number of fused-ring (bicyclic) bond motifs is 1.